The molecule has 2 heterocycles. The molecule has 2 atom stereocenters. The van der Waals surface area contributed by atoms with E-state index in [1.165, 1.54) is 0 Å². The van der Waals surface area contributed by atoms with Crippen molar-refractivity contribution in [3.05, 3.63) is 60.8 Å². The average molecular weight is 429 g/mol. The van der Waals surface area contributed by atoms with Crippen molar-refractivity contribution >= 4 is 21.5 Å². The Labute approximate surface area is 180 Å². The summed E-state index contributed by atoms with van der Waals surface area (Å²) in [5.74, 6) is 1.21. The van der Waals surface area contributed by atoms with Gasteiger partial charge in [-0.2, -0.15) is 0 Å². The van der Waals surface area contributed by atoms with Crippen molar-refractivity contribution in [1.29, 1.82) is 0 Å². The highest BCUT2D eigenvalue weighted by atomic mass is 32.2. The van der Waals surface area contributed by atoms with Gasteiger partial charge in [0.1, 0.15) is 5.82 Å². The second-order valence-electron chi connectivity index (χ2n) is 8.32. The fraction of sp³-hybridized carbons (Fsp3) is 0.435. The van der Waals surface area contributed by atoms with Crippen molar-refractivity contribution in [3.63, 3.8) is 0 Å². The summed E-state index contributed by atoms with van der Waals surface area (Å²) >= 11 is 0. The lowest BCUT2D eigenvalue weighted by atomic mass is 10.0. The van der Waals surface area contributed by atoms with Crippen LogP contribution < -0.4 is 9.62 Å². The van der Waals surface area contributed by atoms with Gasteiger partial charge in [-0.1, -0.05) is 32.1 Å². The minimum Gasteiger partial charge on any atom is -0.354 e. The molecule has 0 bridgehead atoms. The van der Waals surface area contributed by atoms with Gasteiger partial charge < -0.3 is 4.90 Å². The summed E-state index contributed by atoms with van der Waals surface area (Å²) in [6.07, 6.45) is 3.53. The molecule has 2 unspecified atom stereocenters. The van der Waals surface area contributed by atoms with E-state index in [9.17, 15) is 8.42 Å². The van der Waals surface area contributed by atoms with Gasteiger partial charge in [-0.3, -0.25) is 9.62 Å². The highest BCUT2D eigenvalue weighted by molar-refractivity contribution is 7.92. The van der Waals surface area contributed by atoms with E-state index in [1.807, 2.05) is 24.3 Å². The number of rotatable bonds is 7. The fourth-order valence-electron chi connectivity index (χ4n) is 3.93. The number of nitrogens with zero attached hydrogens (tertiary/aromatic N) is 3. The van der Waals surface area contributed by atoms with Gasteiger partial charge in [0.2, 0.25) is 0 Å². The van der Waals surface area contributed by atoms with E-state index >= 15 is 0 Å². The maximum absolute atomic E-state index is 12.7. The molecule has 1 aromatic heterocycles. The third kappa shape index (κ3) is 5.02. The van der Waals surface area contributed by atoms with Crippen molar-refractivity contribution in [1.82, 2.24) is 9.88 Å². The third-order valence-corrected chi connectivity index (χ3v) is 7.02. The van der Waals surface area contributed by atoms with Gasteiger partial charge in [0, 0.05) is 31.7 Å². The van der Waals surface area contributed by atoms with Crippen molar-refractivity contribution in [2.75, 3.05) is 29.3 Å². The molecular weight excluding hydrogens is 396 g/mol. The summed E-state index contributed by atoms with van der Waals surface area (Å²) in [7, 11) is -3.64. The van der Waals surface area contributed by atoms with Crippen LogP contribution in [0.5, 0.6) is 0 Å². The van der Waals surface area contributed by atoms with E-state index in [0.717, 1.165) is 31.0 Å². The van der Waals surface area contributed by atoms with E-state index in [-0.39, 0.29) is 4.90 Å². The maximum Gasteiger partial charge on any atom is 0.261 e. The topological polar surface area (TPSA) is 65.5 Å². The summed E-state index contributed by atoms with van der Waals surface area (Å²) in [4.78, 5) is 9.44. The number of hydrogen-bond acceptors (Lipinski definition) is 5. The first-order valence-corrected chi connectivity index (χ1v) is 11.9. The van der Waals surface area contributed by atoms with Crippen molar-refractivity contribution in [2.45, 2.75) is 50.6 Å². The summed E-state index contributed by atoms with van der Waals surface area (Å²) in [5, 5.41) is 0. The Balaban J connectivity index is 1.69. The standard InChI is InChI=1S/C23H32N4O2S/c1-6-13-27-18(4)15-26(16-19(27)5)23-12-9-21(14-24-23)25-30(28,29)22-10-7-20(8-11-22)17(2)3/h6-12,14,17-19,25H,1,13,15-16H2,2-5H3. The van der Waals surface area contributed by atoms with Crippen LogP contribution in [0.15, 0.2) is 60.1 Å². The predicted molar refractivity (Wildman–Crippen MR) is 124 cm³/mol. The molecule has 1 N–H and O–H groups in total. The van der Waals surface area contributed by atoms with Crippen LogP contribution in [-0.2, 0) is 10.0 Å². The fourth-order valence-corrected chi connectivity index (χ4v) is 4.98. The Bertz CT molecular complexity index is 944. The van der Waals surface area contributed by atoms with Gasteiger partial charge in [0.05, 0.1) is 16.8 Å². The summed E-state index contributed by atoms with van der Waals surface area (Å²) in [5.41, 5.74) is 1.56. The first-order valence-electron chi connectivity index (χ1n) is 10.4. The average Bonchev–Trinajstić information content (AvgIpc) is 2.71. The molecule has 1 saturated heterocycles. The largest absolute Gasteiger partial charge is 0.354 e. The molecule has 7 heteroatoms. The molecule has 3 rings (SSSR count). The molecule has 1 fully saturated rings. The third-order valence-electron chi connectivity index (χ3n) is 5.62. The van der Waals surface area contributed by atoms with E-state index in [4.69, 9.17) is 0 Å². The first-order chi connectivity index (χ1) is 14.2. The minimum atomic E-state index is -3.64. The van der Waals surface area contributed by atoms with Crippen LogP contribution in [0.4, 0.5) is 11.5 Å². The monoisotopic (exact) mass is 428 g/mol. The molecule has 0 aliphatic carbocycles. The lowest BCUT2D eigenvalue weighted by Crippen LogP contribution is -2.56. The zero-order chi connectivity index (χ0) is 21.9. The molecule has 0 saturated carbocycles. The lowest BCUT2D eigenvalue weighted by molar-refractivity contribution is 0.148. The maximum atomic E-state index is 12.7. The molecule has 1 aliphatic rings. The number of nitrogens with one attached hydrogen (secondary N) is 1. The quantitative estimate of drug-likeness (QED) is 0.673. The molecule has 30 heavy (non-hydrogen) atoms. The smallest absolute Gasteiger partial charge is 0.261 e. The SMILES string of the molecule is C=CCN1C(C)CN(c2ccc(NS(=O)(=O)c3ccc(C(C)C)cc3)cn2)CC1C. The number of sulfonamides is 1. The van der Waals surface area contributed by atoms with Crippen LogP contribution in [0.2, 0.25) is 0 Å². The van der Waals surface area contributed by atoms with E-state index in [0.29, 0.717) is 23.7 Å². The van der Waals surface area contributed by atoms with E-state index in [1.54, 1.807) is 24.4 Å². The normalized spacial score (nSPS) is 20.4. The first kappa shape index (κ1) is 22.3. The van der Waals surface area contributed by atoms with Crippen LogP contribution in [0.25, 0.3) is 0 Å². The van der Waals surface area contributed by atoms with Crippen molar-refractivity contribution in [3.8, 4) is 0 Å². The van der Waals surface area contributed by atoms with Crippen LogP contribution in [0.3, 0.4) is 0 Å². The molecule has 0 amide bonds. The number of benzene rings is 1. The number of pyridine rings is 1. The Morgan fingerprint density at radius 2 is 1.77 bits per heavy atom. The second-order valence-corrected chi connectivity index (χ2v) is 10.0. The summed E-state index contributed by atoms with van der Waals surface area (Å²) in [6, 6.07) is 11.4. The lowest BCUT2D eigenvalue weighted by Gasteiger charge is -2.44. The van der Waals surface area contributed by atoms with Crippen molar-refractivity contribution in [2.24, 2.45) is 0 Å². The zero-order valence-electron chi connectivity index (χ0n) is 18.2. The molecular formula is C23H32N4O2S. The van der Waals surface area contributed by atoms with Gasteiger partial charge in [0.25, 0.3) is 10.0 Å². The van der Waals surface area contributed by atoms with Crippen LogP contribution >= 0.6 is 0 Å². The predicted octanol–water partition coefficient (Wildman–Crippen LogP) is 4.09. The van der Waals surface area contributed by atoms with Gasteiger partial charge in [0.15, 0.2) is 0 Å². The number of anilines is 2. The molecule has 1 aliphatic heterocycles. The second kappa shape index (κ2) is 9.18. The molecule has 0 spiro atoms. The van der Waals surface area contributed by atoms with Gasteiger partial charge in [-0.15, -0.1) is 6.58 Å². The molecule has 6 nitrogen and oxygen atoms in total. The van der Waals surface area contributed by atoms with E-state index in [2.05, 4.69) is 53.8 Å². The van der Waals surface area contributed by atoms with Gasteiger partial charge >= 0.3 is 0 Å². The highest BCUT2D eigenvalue weighted by Crippen LogP contribution is 2.23. The minimum absolute atomic E-state index is 0.247. The Morgan fingerprint density at radius 3 is 2.27 bits per heavy atom. The van der Waals surface area contributed by atoms with Crippen molar-refractivity contribution < 1.29 is 8.42 Å². The van der Waals surface area contributed by atoms with Gasteiger partial charge in [-0.25, -0.2) is 13.4 Å². The molecule has 2 aromatic rings. The van der Waals surface area contributed by atoms with Crippen LogP contribution in [0.1, 0.15) is 39.2 Å². The molecule has 0 radical (unpaired) electrons. The Morgan fingerprint density at radius 1 is 1.13 bits per heavy atom. The summed E-state index contributed by atoms with van der Waals surface area (Å²) < 4.78 is 28.0. The zero-order valence-corrected chi connectivity index (χ0v) is 19.1. The Kier molecular flexibility index (Phi) is 6.83. The molecule has 1 aromatic carbocycles. The molecule has 162 valence electrons. The highest BCUT2D eigenvalue weighted by Gasteiger charge is 2.29. The van der Waals surface area contributed by atoms with Crippen LogP contribution in [0, 0.1) is 0 Å². The summed E-state index contributed by atoms with van der Waals surface area (Å²) in [6.45, 7) is 15.0. The van der Waals surface area contributed by atoms with E-state index < -0.39 is 10.0 Å². The number of piperazine rings is 1. The van der Waals surface area contributed by atoms with Crippen LogP contribution in [-0.4, -0.2) is 50.0 Å². The number of aromatic nitrogens is 1. The number of hydrogen-bond donors (Lipinski definition) is 1. The Hall–Kier alpha value is -2.38. The van der Waals surface area contributed by atoms with Gasteiger partial charge in [-0.05, 0) is 49.6 Å².